The Bertz CT molecular complexity index is 256. The molecule has 0 aromatic carbocycles. The van der Waals surface area contributed by atoms with E-state index < -0.39 is 5.17 Å². The van der Waals surface area contributed by atoms with Crippen LogP contribution in [0.4, 0.5) is 4.79 Å². The first-order valence-electron chi connectivity index (χ1n) is 3.83. The summed E-state index contributed by atoms with van der Waals surface area (Å²) in [6.07, 6.45) is 0. The molecule has 0 unspecified atom stereocenters. The smallest absolute Gasteiger partial charge is 0.286 e. The Labute approximate surface area is 102 Å². The van der Waals surface area contributed by atoms with Crippen LogP contribution in [0.1, 0.15) is 0 Å². The zero-order valence-corrected chi connectivity index (χ0v) is 10.4. The molecule has 8 nitrogen and oxygen atoms in total. The van der Waals surface area contributed by atoms with Crippen LogP contribution in [-0.4, -0.2) is 40.7 Å². The summed E-state index contributed by atoms with van der Waals surface area (Å²) in [7, 11) is 3.12. The molecule has 0 atom stereocenters. The molecule has 0 radical (unpaired) electrons. The van der Waals surface area contributed by atoms with Crippen molar-refractivity contribution in [3.05, 3.63) is 0 Å². The van der Waals surface area contributed by atoms with Crippen molar-refractivity contribution >= 4 is 45.5 Å². The maximum absolute atomic E-state index is 10.5. The van der Waals surface area contributed by atoms with Gasteiger partial charge in [0.2, 0.25) is 0 Å². The van der Waals surface area contributed by atoms with E-state index in [0.29, 0.717) is 0 Å². The van der Waals surface area contributed by atoms with Gasteiger partial charge in [0.05, 0.1) is 0 Å². The van der Waals surface area contributed by atoms with E-state index in [9.17, 15) is 4.79 Å². The Morgan fingerprint density at radius 2 is 1.88 bits per heavy atom. The van der Waals surface area contributed by atoms with Gasteiger partial charge in [-0.3, -0.25) is 20.9 Å². The van der Waals surface area contributed by atoms with E-state index in [1.807, 2.05) is 5.32 Å². The second-order valence-electron chi connectivity index (χ2n) is 2.06. The molecular weight excluding hydrogens is 252 g/mol. The monoisotopic (exact) mass is 266 g/mol. The average molecular weight is 266 g/mol. The highest BCUT2D eigenvalue weighted by atomic mass is 32.2. The van der Waals surface area contributed by atoms with Crippen molar-refractivity contribution in [2.24, 2.45) is 5.73 Å². The first-order valence-corrected chi connectivity index (χ1v) is 5.05. The van der Waals surface area contributed by atoms with Gasteiger partial charge in [-0.15, -0.1) is 0 Å². The van der Waals surface area contributed by atoms with Gasteiger partial charge in [-0.05, 0) is 12.2 Å². The Balaban J connectivity index is 0. The zero-order valence-electron chi connectivity index (χ0n) is 8.75. The third-order valence-electron chi connectivity index (χ3n) is 0.868. The van der Waals surface area contributed by atoms with Gasteiger partial charge in [0.1, 0.15) is 0 Å². The zero-order chi connectivity index (χ0) is 13.1. The molecule has 92 valence electrons. The SMILES string of the molecule is CNC(=N)SC(=O)NC.N=C(N)NC(O)=S. The van der Waals surface area contributed by atoms with Crippen molar-refractivity contribution in [3.8, 4) is 0 Å². The standard InChI is InChI=1S/C4H9N3OS.C2H5N3OS/c1-6-3(5)9-4(8)7-2;3-1(4)5-2(6)7/h1-2H3,(H2,5,6)(H,7,8);(H5,3,4,5,6,7). The van der Waals surface area contributed by atoms with Crippen molar-refractivity contribution in [1.29, 1.82) is 10.8 Å². The first kappa shape index (κ1) is 16.9. The van der Waals surface area contributed by atoms with Crippen LogP contribution in [0.25, 0.3) is 0 Å². The molecule has 0 aliphatic heterocycles. The number of aliphatic hydroxyl groups excluding tert-OH is 1. The molecule has 0 heterocycles. The minimum Gasteiger partial charge on any atom is -0.486 e. The largest absolute Gasteiger partial charge is 0.486 e. The van der Waals surface area contributed by atoms with Gasteiger partial charge in [-0.2, -0.15) is 0 Å². The quantitative estimate of drug-likeness (QED) is 0.178. The van der Waals surface area contributed by atoms with Crippen LogP contribution in [0.5, 0.6) is 0 Å². The number of thiocarbonyl (C=S) groups is 1. The molecule has 0 aliphatic carbocycles. The van der Waals surface area contributed by atoms with Crippen LogP contribution in [0, 0.1) is 10.8 Å². The molecule has 0 fully saturated rings. The van der Waals surface area contributed by atoms with E-state index in [0.717, 1.165) is 11.8 Å². The summed E-state index contributed by atoms with van der Waals surface area (Å²) in [5.41, 5.74) is 4.72. The second kappa shape index (κ2) is 9.98. The minimum atomic E-state index is -0.479. The van der Waals surface area contributed by atoms with Crippen molar-refractivity contribution in [3.63, 3.8) is 0 Å². The number of hydrogen-bond donors (Lipinski definition) is 7. The summed E-state index contributed by atoms with van der Waals surface area (Å²) in [6, 6.07) is 0. The molecule has 0 bridgehead atoms. The number of carbonyl (C=O) groups is 1. The van der Waals surface area contributed by atoms with E-state index in [1.54, 1.807) is 7.05 Å². The van der Waals surface area contributed by atoms with Crippen LogP contribution < -0.4 is 21.7 Å². The molecular formula is C6H14N6O2S2. The number of aliphatic hydroxyl groups is 1. The predicted octanol–water partition coefficient (Wildman–Crippen LogP) is -0.474. The third kappa shape index (κ3) is 14.9. The number of guanidine groups is 1. The van der Waals surface area contributed by atoms with E-state index in [4.69, 9.17) is 21.7 Å². The number of rotatable bonds is 0. The lowest BCUT2D eigenvalue weighted by atomic mass is 11.0. The summed E-state index contributed by atoms with van der Waals surface area (Å²) < 4.78 is 0. The van der Waals surface area contributed by atoms with Gasteiger partial charge in [0.15, 0.2) is 11.1 Å². The van der Waals surface area contributed by atoms with Crippen molar-refractivity contribution < 1.29 is 9.90 Å². The van der Waals surface area contributed by atoms with Crippen molar-refractivity contribution in [1.82, 2.24) is 16.0 Å². The maximum Gasteiger partial charge on any atom is 0.286 e. The fourth-order valence-corrected chi connectivity index (χ4v) is 0.809. The maximum atomic E-state index is 10.5. The highest BCUT2D eigenvalue weighted by Crippen LogP contribution is 1.98. The molecule has 0 spiro atoms. The first-order chi connectivity index (χ1) is 7.33. The normalized spacial score (nSPS) is 7.88. The van der Waals surface area contributed by atoms with Crippen LogP contribution in [-0.2, 0) is 0 Å². The number of amides is 1. The van der Waals surface area contributed by atoms with E-state index in [-0.39, 0.29) is 16.4 Å². The number of carbonyl (C=O) groups excluding carboxylic acids is 1. The van der Waals surface area contributed by atoms with Crippen LogP contribution in [0.15, 0.2) is 0 Å². The third-order valence-corrected chi connectivity index (χ3v) is 1.77. The Morgan fingerprint density at radius 1 is 1.38 bits per heavy atom. The molecule has 0 saturated heterocycles. The molecule has 16 heavy (non-hydrogen) atoms. The van der Waals surface area contributed by atoms with Gasteiger partial charge in [-0.1, -0.05) is 0 Å². The minimum absolute atomic E-state index is 0.148. The number of thioether (sulfide) groups is 1. The fourth-order valence-electron chi connectivity index (χ4n) is 0.310. The molecule has 10 heteroatoms. The number of amidine groups is 1. The van der Waals surface area contributed by atoms with E-state index >= 15 is 0 Å². The van der Waals surface area contributed by atoms with E-state index in [2.05, 4.69) is 22.9 Å². The predicted molar refractivity (Wildman–Crippen MR) is 69.1 cm³/mol. The van der Waals surface area contributed by atoms with Crippen LogP contribution in [0.2, 0.25) is 0 Å². The lowest BCUT2D eigenvalue weighted by molar-refractivity contribution is 0.262. The number of hydrogen-bond acceptors (Lipinski definition) is 5. The van der Waals surface area contributed by atoms with Crippen LogP contribution in [0.3, 0.4) is 0 Å². The van der Waals surface area contributed by atoms with Crippen molar-refractivity contribution in [2.45, 2.75) is 0 Å². The Morgan fingerprint density at radius 3 is 2.06 bits per heavy atom. The molecule has 0 saturated carbocycles. The summed E-state index contributed by atoms with van der Waals surface area (Å²) in [4.78, 5) is 10.5. The average Bonchev–Trinajstić information content (AvgIpc) is 2.16. The molecule has 0 aliphatic rings. The van der Waals surface area contributed by atoms with E-state index in [1.165, 1.54) is 7.05 Å². The van der Waals surface area contributed by atoms with Gasteiger partial charge in [0.25, 0.3) is 10.4 Å². The molecule has 0 aromatic heterocycles. The summed E-state index contributed by atoms with van der Waals surface area (Å²) in [5, 5.41) is 27.8. The Kier molecular flexibility index (Phi) is 10.5. The summed E-state index contributed by atoms with van der Waals surface area (Å²) in [5.74, 6) is -0.354. The summed E-state index contributed by atoms with van der Waals surface area (Å²) >= 11 is 4.92. The number of nitrogens with one attached hydrogen (secondary N) is 5. The molecule has 0 rings (SSSR count). The molecule has 8 N–H and O–H groups in total. The highest BCUT2D eigenvalue weighted by molar-refractivity contribution is 8.26. The van der Waals surface area contributed by atoms with Gasteiger partial charge >= 0.3 is 0 Å². The van der Waals surface area contributed by atoms with Crippen molar-refractivity contribution in [2.75, 3.05) is 14.1 Å². The van der Waals surface area contributed by atoms with Gasteiger partial charge < -0.3 is 21.5 Å². The fraction of sp³-hybridized carbons (Fsp3) is 0.333. The van der Waals surface area contributed by atoms with Gasteiger partial charge in [-0.25, -0.2) is 0 Å². The lowest BCUT2D eigenvalue weighted by Crippen LogP contribution is -2.34. The molecule has 0 aromatic rings. The second-order valence-corrected chi connectivity index (χ2v) is 3.43. The summed E-state index contributed by atoms with van der Waals surface area (Å²) in [6.45, 7) is 0. The number of nitrogens with two attached hydrogens (primary N) is 1. The molecule has 1 amide bonds. The highest BCUT2D eigenvalue weighted by Gasteiger charge is 2.00. The Hall–Kier alpha value is -1.55. The van der Waals surface area contributed by atoms with Gasteiger partial charge in [0, 0.05) is 25.9 Å². The lowest BCUT2D eigenvalue weighted by Gasteiger charge is -1.98. The van der Waals surface area contributed by atoms with Crippen LogP contribution >= 0.6 is 24.0 Å². The topological polar surface area (TPSA) is 147 Å².